The van der Waals surface area contributed by atoms with Crippen LogP contribution < -0.4 is 10.1 Å². The van der Waals surface area contributed by atoms with Gasteiger partial charge in [-0.1, -0.05) is 6.07 Å². The van der Waals surface area contributed by atoms with E-state index >= 15 is 0 Å². The lowest BCUT2D eigenvalue weighted by Crippen LogP contribution is -2.07. The molecule has 0 aliphatic heterocycles. The molecule has 0 aliphatic carbocycles. The van der Waals surface area contributed by atoms with Crippen LogP contribution >= 0.6 is 0 Å². The van der Waals surface area contributed by atoms with Crippen molar-refractivity contribution in [2.24, 2.45) is 0 Å². The summed E-state index contributed by atoms with van der Waals surface area (Å²) in [7, 11) is 3.11. The number of ether oxygens (including phenoxy) is 2. The van der Waals surface area contributed by atoms with E-state index in [1.807, 2.05) is 24.3 Å². The summed E-state index contributed by atoms with van der Waals surface area (Å²) in [6.45, 7) is 0.497. The molecule has 1 heterocycles. The minimum Gasteiger partial charge on any atom is -0.493 e. The molecule has 0 amide bonds. The molecule has 2 aromatic rings. The van der Waals surface area contributed by atoms with Crippen LogP contribution in [0.25, 0.3) is 0 Å². The maximum atomic E-state index is 11.7. The molecule has 2 rings (SSSR count). The number of aromatic nitrogens is 1. The molecule has 5 nitrogen and oxygen atoms in total. The molecule has 21 heavy (non-hydrogen) atoms. The van der Waals surface area contributed by atoms with Crippen molar-refractivity contribution < 1.29 is 14.3 Å². The lowest BCUT2D eigenvalue weighted by Gasteiger charge is -2.11. The van der Waals surface area contributed by atoms with Gasteiger partial charge in [-0.15, -0.1) is 0 Å². The summed E-state index contributed by atoms with van der Waals surface area (Å²) in [5.41, 5.74) is 2.13. The van der Waals surface area contributed by atoms with Crippen LogP contribution in [0, 0.1) is 0 Å². The van der Waals surface area contributed by atoms with Gasteiger partial charge in [0.05, 0.1) is 19.3 Å². The van der Waals surface area contributed by atoms with Gasteiger partial charge in [0, 0.05) is 31.0 Å². The van der Waals surface area contributed by atoms with Gasteiger partial charge in [-0.2, -0.15) is 0 Å². The molecule has 5 heteroatoms. The number of pyridine rings is 1. The summed E-state index contributed by atoms with van der Waals surface area (Å²) in [4.78, 5) is 15.9. The van der Waals surface area contributed by atoms with Crippen molar-refractivity contribution >= 4 is 11.7 Å². The van der Waals surface area contributed by atoms with Gasteiger partial charge in [0.2, 0.25) is 0 Å². The van der Waals surface area contributed by atoms with E-state index in [9.17, 15) is 4.79 Å². The molecule has 0 fully saturated rings. The highest BCUT2D eigenvalue weighted by atomic mass is 16.5. The molecule has 0 atom stereocenters. The molecule has 1 N–H and O–H groups in total. The van der Waals surface area contributed by atoms with Crippen LogP contribution in [0.5, 0.6) is 5.75 Å². The number of esters is 1. The fourth-order valence-corrected chi connectivity index (χ4v) is 1.93. The first-order valence-electron chi connectivity index (χ1n) is 6.67. The molecule has 0 radical (unpaired) electrons. The van der Waals surface area contributed by atoms with Crippen LogP contribution in [0.15, 0.2) is 42.6 Å². The molecular formula is C16H18N2O3. The zero-order valence-corrected chi connectivity index (χ0v) is 12.1. The Labute approximate surface area is 123 Å². The first-order valence-corrected chi connectivity index (χ1v) is 6.67. The molecule has 110 valence electrons. The van der Waals surface area contributed by atoms with Gasteiger partial charge < -0.3 is 14.8 Å². The van der Waals surface area contributed by atoms with Gasteiger partial charge in [-0.25, -0.2) is 4.79 Å². The van der Waals surface area contributed by atoms with Gasteiger partial charge in [-0.05, 0) is 30.3 Å². The molecular weight excluding hydrogens is 268 g/mol. The third kappa shape index (κ3) is 3.95. The predicted octanol–water partition coefficient (Wildman–Crippen LogP) is 2.53. The smallest absolute Gasteiger partial charge is 0.340 e. The minimum atomic E-state index is -0.394. The molecule has 0 aliphatic rings. The number of methoxy groups -OCH3 is 1. The Morgan fingerprint density at radius 2 is 2.14 bits per heavy atom. The first kappa shape index (κ1) is 14.8. The first-order chi connectivity index (χ1) is 10.2. The minimum absolute atomic E-state index is 0.394. The van der Waals surface area contributed by atoms with Gasteiger partial charge in [0.15, 0.2) is 0 Å². The lowest BCUT2D eigenvalue weighted by molar-refractivity contribution is 0.0601. The molecule has 0 bridgehead atoms. The van der Waals surface area contributed by atoms with E-state index in [2.05, 4.69) is 10.3 Å². The molecule has 0 unspecified atom stereocenters. The highest BCUT2D eigenvalue weighted by Crippen LogP contribution is 2.22. The third-order valence-electron chi connectivity index (χ3n) is 3.02. The Morgan fingerprint density at radius 3 is 2.81 bits per heavy atom. The Morgan fingerprint density at radius 1 is 1.29 bits per heavy atom. The van der Waals surface area contributed by atoms with Crippen molar-refractivity contribution in [3.8, 4) is 5.75 Å². The Kier molecular flexibility index (Phi) is 5.15. The van der Waals surface area contributed by atoms with Crippen LogP contribution in [-0.4, -0.2) is 31.7 Å². The number of nitrogens with zero attached hydrogens (tertiary/aromatic N) is 1. The van der Waals surface area contributed by atoms with Crippen molar-refractivity contribution in [1.29, 1.82) is 0 Å². The summed E-state index contributed by atoms with van der Waals surface area (Å²) in [6.07, 6.45) is 2.47. The van der Waals surface area contributed by atoms with Gasteiger partial charge >= 0.3 is 5.97 Å². The second-order valence-electron chi connectivity index (χ2n) is 4.37. The Balaban J connectivity index is 2.02. The number of hydrogen-bond donors (Lipinski definition) is 1. The standard InChI is InChI=1S/C16H18N2O3/c1-17-15-7-6-13(11-14(15)16(19)20-2)21-10-8-12-5-3-4-9-18-12/h3-7,9,11,17H,8,10H2,1-2H3. The number of carbonyl (C=O) groups is 1. The van der Waals surface area contributed by atoms with Crippen molar-refractivity contribution in [3.63, 3.8) is 0 Å². The van der Waals surface area contributed by atoms with E-state index < -0.39 is 5.97 Å². The van der Waals surface area contributed by atoms with Gasteiger partial charge in [0.25, 0.3) is 0 Å². The van der Waals surface area contributed by atoms with Crippen LogP contribution in [0.3, 0.4) is 0 Å². The maximum absolute atomic E-state index is 11.7. The third-order valence-corrected chi connectivity index (χ3v) is 3.02. The van der Waals surface area contributed by atoms with Gasteiger partial charge in [0.1, 0.15) is 5.75 Å². The summed E-state index contributed by atoms with van der Waals surface area (Å²) >= 11 is 0. The van der Waals surface area contributed by atoms with E-state index in [1.54, 1.807) is 25.4 Å². The number of rotatable bonds is 6. The zero-order chi connectivity index (χ0) is 15.1. The van der Waals surface area contributed by atoms with Crippen molar-refractivity contribution in [2.45, 2.75) is 6.42 Å². The monoisotopic (exact) mass is 286 g/mol. The predicted molar refractivity (Wildman–Crippen MR) is 80.8 cm³/mol. The molecule has 0 saturated heterocycles. The van der Waals surface area contributed by atoms with E-state index in [-0.39, 0.29) is 0 Å². The summed E-state index contributed by atoms with van der Waals surface area (Å²) in [6, 6.07) is 11.1. The highest BCUT2D eigenvalue weighted by Gasteiger charge is 2.12. The second kappa shape index (κ2) is 7.28. The number of hydrogen-bond acceptors (Lipinski definition) is 5. The largest absolute Gasteiger partial charge is 0.493 e. The van der Waals surface area contributed by atoms with Crippen molar-refractivity contribution in [1.82, 2.24) is 4.98 Å². The maximum Gasteiger partial charge on any atom is 0.340 e. The molecule has 1 aromatic carbocycles. The quantitative estimate of drug-likeness (QED) is 0.827. The summed E-state index contributed by atoms with van der Waals surface area (Å²) in [5.74, 6) is 0.236. The SMILES string of the molecule is CNc1ccc(OCCc2ccccn2)cc1C(=O)OC. The number of benzene rings is 1. The fourth-order valence-electron chi connectivity index (χ4n) is 1.93. The summed E-state index contributed by atoms with van der Waals surface area (Å²) < 4.78 is 10.4. The zero-order valence-electron chi connectivity index (χ0n) is 12.1. The van der Waals surface area contributed by atoms with Crippen LogP contribution in [0.4, 0.5) is 5.69 Å². The molecule has 0 saturated carbocycles. The fraction of sp³-hybridized carbons (Fsp3) is 0.250. The number of nitrogens with one attached hydrogen (secondary N) is 1. The summed E-state index contributed by atoms with van der Waals surface area (Å²) in [5, 5.41) is 2.95. The van der Waals surface area contributed by atoms with E-state index in [1.165, 1.54) is 7.11 Å². The molecule has 1 aromatic heterocycles. The second-order valence-corrected chi connectivity index (χ2v) is 4.37. The number of carbonyl (C=O) groups excluding carboxylic acids is 1. The number of anilines is 1. The molecule has 0 spiro atoms. The van der Waals surface area contributed by atoms with E-state index in [4.69, 9.17) is 9.47 Å². The van der Waals surface area contributed by atoms with Crippen LogP contribution in [0.1, 0.15) is 16.1 Å². The van der Waals surface area contributed by atoms with Crippen LogP contribution in [0.2, 0.25) is 0 Å². The lowest BCUT2D eigenvalue weighted by atomic mass is 10.1. The topological polar surface area (TPSA) is 60.5 Å². The van der Waals surface area contributed by atoms with E-state index in [0.717, 1.165) is 5.69 Å². The van der Waals surface area contributed by atoms with Crippen molar-refractivity contribution in [3.05, 3.63) is 53.9 Å². The Bertz CT molecular complexity index is 600. The van der Waals surface area contributed by atoms with Crippen molar-refractivity contribution in [2.75, 3.05) is 26.1 Å². The van der Waals surface area contributed by atoms with Crippen LogP contribution in [-0.2, 0) is 11.2 Å². The average molecular weight is 286 g/mol. The normalized spacial score (nSPS) is 10.0. The average Bonchev–Trinajstić information content (AvgIpc) is 2.55. The van der Waals surface area contributed by atoms with E-state index in [0.29, 0.717) is 30.0 Å². The highest BCUT2D eigenvalue weighted by molar-refractivity contribution is 5.96. The van der Waals surface area contributed by atoms with Gasteiger partial charge in [-0.3, -0.25) is 4.98 Å². The Hall–Kier alpha value is -2.56.